The summed E-state index contributed by atoms with van der Waals surface area (Å²) in [4.78, 5) is 36.5. The quantitative estimate of drug-likeness (QED) is 0.709. The molecule has 2 N–H and O–H groups in total. The molecule has 0 aromatic carbocycles. The first-order chi connectivity index (χ1) is 10.1. The standard InChI is InChI=1S/C14H18N2O4S/c17-12(16(9-13(18)19)10-5-6-10)4-1-7-15-14(20)11-3-2-8-21-11/h2-3,8,10H,1,4-7,9H2,(H,15,20)(H,18,19). The van der Waals surface area contributed by atoms with Gasteiger partial charge in [-0.2, -0.15) is 0 Å². The summed E-state index contributed by atoms with van der Waals surface area (Å²) in [5.41, 5.74) is 0. The number of carboxylic acids is 1. The van der Waals surface area contributed by atoms with Crippen molar-refractivity contribution in [1.82, 2.24) is 10.2 Å². The van der Waals surface area contributed by atoms with Crippen LogP contribution in [0.25, 0.3) is 0 Å². The minimum absolute atomic E-state index is 0.0920. The molecule has 0 bridgehead atoms. The number of nitrogens with zero attached hydrogens (tertiary/aromatic N) is 1. The first-order valence-electron chi connectivity index (χ1n) is 6.91. The number of amides is 2. The van der Waals surface area contributed by atoms with E-state index in [1.165, 1.54) is 16.2 Å². The van der Waals surface area contributed by atoms with Gasteiger partial charge in [0.05, 0.1) is 4.88 Å². The summed E-state index contributed by atoms with van der Waals surface area (Å²) >= 11 is 1.37. The van der Waals surface area contributed by atoms with E-state index in [4.69, 9.17) is 5.11 Å². The van der Waals surface area contributed by atoms with Crippen LogP contribution in [-0.4, -0.2) is 46.9 Å². The van der Waals surface area contributed by atoms with Crippen molar-refractivity contribution in [3.05, 3.63) is 22.4 Å². The second kappa shape index (κ2) is 7.21. The van der Waals surface area contributed by atoms with Gasteiger partial charge in [-0.15, -0.1) is 11.3 Å². The van der Waals surface area contributed by atoms with Crippen molar-refractivity contribution in [3.8, 4) is 0 Å². The van der Waals surface area contributed by atoms with E-state index in [-0.39, 0.29) is 30.8 Å². The number of hydrogen-bond acceptors (Lipinski definition) is 4. The summed E-state index contributed by atoms with van der Waals surface area (Å²) < 4.78 is 0. The van der Waals surface area contributed by atoms with Gasteiger partial charge in [-0.1, -0.05) is 6.07 Å². The molecule has 7 heteroatoms. The summed E-state index contributed by atoms with van der Waals surface area (Å²) in [5.74, 6) is -1.27. The molecule has 1 saturated carbocycles. The fraction of sp³-hybridized carbons (Fsp3) is 0.500. The smallest absolute Gasteiger partial charge is 0.323 e. The lowest BCUT2D eigenvalue weighted by Crippen LogP contribution is -2.37. The van der Waals surface area contributed by atoms with Crippen LogP contribution in [0.2, 0.25) is 0 Å². The Balaban J connectivity index is 1.68. The number of nitrogens with one attached hydrogen (secondary N) is 1. The number of carbonyl (C=O) groups is 3. The molecular weight excluding hydrogens is 292 g/mol. The first-order valence-corrected chi connectivity index (χ1v) is 7.79. The Kier molecular flexibility index (Phi) is 5.32. The monoisotopic (exact) mass is 310 g/mol. The second-order valence-corrected chi connectivity index (χ2v) is 5.93. The molecule has 6 nitrogen and oxygen atoms in total. The molecule has 0 spiro atoms. The number of aliphatic carboxylic acids is 1. The highest BCUT2D eigenvalue weighted by molar-refractivity contribution is 7.12. The summed E-state index contributed by atoms with van der Waals surface area (Å²) in [6.07, 6.45) is 2.54. The van der Waals surface area contributed by atoms with Crippen molar-refractivity contribution in [1.29, 1.82) is 0 Å². The maximum absolute atomic E-state index is 12.0. The van der Waals surface area contributed by atoms with Crippen LogP contribution in [-0.2, 0) is 9.59 Å². The topological polar surface area (TPSA) is 86.7 Å². The van der Waals surface area contributed by atoms with Crippen LogP contribution in [0.4, 0.5) is 0 Å². The summed E-state index contributed by atoms with van der Waals surface area (Å²) in [6.45, 7) is 0.180. The maximum Gasteiger partial charge on any atom is 0.323 e. The van der Waals surface area contributed by atoms with Crippen LogP contribution >= 0.6 is 11.3 Å². The minimum atomic E-state index is -0.985. The molecule has 1 aliphatic carbocycles. The van der Waals surface area contributed by atoms with Crippen LogP contribution in [0.3, 0.4) is 0 Å². The molecule has 1 aliphatic rings. The molecule has 1 aromatic rings. The van der Waals surface area contributed by atoms with Gasteiger partial charge >= 0.3 is 5.97 Å². The van der Waals surface area contributed by atoms with Crippen molar-refractivity contribution in [2.75, 3.05) is 13.1 Å². The van der Waals surface area contributed by atoms with Gasteiger partial charge in [0, 0.05) is 19.0 Å². The highest BCUT2D eigenvalue weighted by atomic mass is 32.1. The Hall–Kier alpha value is -1.89. The van der Waals surface area contributed by atoms with Crippen molar-refractivity contribution < 1.29 is 19.5 Å². The zero-order chi connectivity index (χ0) is 15.2. The molecule has 0 atom stereocenters. The van der Waals surface area contributed by atoms with Gasteiger partial charge in [0.25, 0.3) is 5.91 Å². The van der Waals surface area contributed by atoms with Crippen molar-refractivity contribution >= 4 is 29.1 Å². The first kappa shape index (κ1) is 15.5. The number of hydrogen-bond donors (Lipinski definition) is 2. The van der Waals surface area contributed by atoms with Crippen molar-refractivity contribution in [2.45, 2.75) is 31.7 Å². The molecule has 0 radical (unpaired) electrons. The summed E-state index contributed by atoms with van der Waals surface area (Å²) in [7, 11) is 0. The van der Waals surface area contributed by atoms with E-state index in [1.54, 1.807) is 6.07 Å². The average Bonchev–Trinajstić information content (AvgIpc) is 3.13. The third-order valence-electron chi connectivity index (χ3n) is 3.21. The number of thiophene rings is 1. The highest BCUT2D eigenvalue weighted by Crippen LogP contribution is 2.27. The van der Waals surface area contributed by atoms with E-state index < -0.39 is 5.97 Å². The van der Waals surface area contributed by atoms with Gasteiger partial charge in [-0.05, 0) is 30.7 Å². The minimum Gasteiger partial charge on any atom is -0.480 e. The zero-order valence-electron chi connectivity index (χ0n) is 11.6. The van der Waals surface area contributed by atoms with E-state index >= 15 is 0 Å². The molecule has 0 unspecified atom stereocenters. The third-order valence-corrected chi connectivity index (χ3v) is 4.08. The Bertz CT molecular complexity index is 511. The molecule has 2 rings (SSSR count). The second-order valence-electron chi connectivity index (χ2n) is 4.98. The molecule has 2 amide bonds. The summed E-state index contributed by atoms with van der Waals surface area (Å²) in [6, 6.07) is 3.64. The van der Waals surface area contributed by atoms with Crippen LogP contribution < -0.4 is 5.32 Å². The average molecular weight is 310 g/mol. The third kappa shape index (κ3) is 4.86. The largest absolute Gasteiger partial charge is 0.480 e. The number of carboxylic acid groups (broad SMARTS) is 1. The molecule has 0 saturated heterocycles. The van der Waals surface area contributed by atoms with Crippen LogP contribution in [0.1, 0.15) is 35.4 Å². The van der Waals surface area contributed by atoms with Gasteiger partial charge in [0.1, 0.15) is 6.54 Å². The number of carbonyl (C=O) groups excluding carboxylic acids is 2. The maximum atomic E-state index is 12.0. The Morgan fingerprint density at radius 3 is 2.71 bits per heavy atom. The molecule has 0 aliphatic heterocycles. The van der Waals surface area contributed by atoms with Crippen LogP contribution in [0, 0.1) is 0 Å². The Morgan fingerprint density at radius 2 is 2.14 bits per heavy atom. The lowest BCUT2D eigenvalue weighted by molar-refractivity contribution is -0.144. The van der Waals surface area contributed by atoms with Gasteiger partial charge < -0.3 is 15.3 Å². The van der Waals surface area contributed by atoms with Gasteiger partial charge in [-0.25, -0.2) is 0 Å². The summed E-state index contributed by atoms with van der Waals surface area (Å²) in [5, 5.41) is 13.4. The van der Waals surface area contributed by atoms with E-state index in [9.17, 15) is 14.4 Å². The van der Waals surface area contributed by atoms with E-state index in [0.717, 1.165) is 12.8 Å². The molecule has 1 aromatic heterocycles. The molecule has 114 valence electrons. The normalized spacial score (nSPS) is 13.7. The van der Waals surface area contributed by atoms with Crippen LogP contribution in [0.15, 0.2) is 17.5 Å². The highest BCUT2D eigenvalue weighted by Gasteiger charge is 2.33. The van der Waals surface area contributed by atoms with Gasteiger partial charge in [-0.3, -0.25) is 14.4 Å². The van der Waals surface area contributed by atoms with Crippen LogP contribution in [0.5, 0.6) is 0 Å². The van der Waals surface area contributed by atoms with Gasteiger partial charge in [0.15, 0.2) is 0 Å². The predicted octanol–water partition coefficient (Wildman–Crippen LogP) is 1.33. The Labute approximate surface area is 126 Å². The van der Waals surface area contributed by atoms with Gasteiger partial charge in [0.2, 0.25) is 5.91 Å². The van der Waals surface area contributed by atoms with E-state index in [1.807, 2.05) is 11.4 Å². The van der Waals surface area contributed by atoms with E-state index in [0.29, 0.717) is 17.8 Å². The van der Waals surface area contributed by atoms with Crippen molar-refractivity contribution in [2.24, 2.45) is 0 Å². The zero-order valence-corrected chi connectivity index (χ0v) is 12.4. The predicted molar refractivity (Wildman–Crippen MR) is 78.3 cm³/mol. The Morgan fingerprint density at radius 1 is 1.38 bits per heavy atom. The lowest BCUT2D eigenvalue weighted by atomic mass is 10.2. The number of rotatable bonds is 8. The molecule has 1 heterocycles. The van der Waals surface area contributed by atoms with Crippen molar-refractivity contribution in [3.63, 3.8) is 0 Å². The molecule has 1 fully saturated rings. The molecule has 21 heavy (non-hydrogen) atoms. The SMILES string of the molecule is O=C(O)CN(C(=O)CCCNC(=O)c1cccs1)C1CC1. The fourth-order valence-corrected chi connectivity index (χ4v) is 2.67. The lowest BCUT2D eigenvalue weighted by Gasteiger charge is -2.20. The van der Waals surface area contributed by atoms with E-state index in [2.05, 4.69) is 5.32 Å². The molecular formula is C14H18N2O4S. The fourth-order valence-electron chi connectivity index (χ4n) is 2.03.